The molecule has 1 aromatic carbocycles. The van der Waals surface area contributed by atoms with Gasteiger partial charge in [0.25, 0.3) is 5.91 Å². The van der Waals surface area contributed by atoms with E-state index in [4.69, 9.17) is 11.6 Å². The molecule has 0 aliphatic carbocycles. The van der Waals surface area contributed by atoms with E-state index < -0.39 is 0 Å². The molecule has 2 rings (SSSR count). The second kappa shape index (κ2) is 8.90. The van der Waals surface area contributed by atoms with Crippen molar-refractivity contribution in [3.05, 3.63) is 51.2 Å². The molecule has 1 amide bonds. The maximum atomic E-state index is 11.9. The van der Waals surface area contributed by atoms with Gasteiger partial charge in [-0.2, -0.15) is 4.99 Å². The maximum absolute atomic E-state index is 11.9. The number of thiazole rings is 1. The van der Waals surface area contributed by atoms with Gasteiger partial charge >= 0.3 is 5.97 Å². The summed E-state index contributed by atoms with van der Waals surface area (Å²) in [4.78, 5) is 27.6. The zero-order valence-electron chi connectivity index (χ0n) is 12.4. The van der Waals surface area contributed by atoms with E-state index in [2.05, 4.69) is 9.73 Å². The van der Waals surface area contributed by atoms with E-state index in [1.807, 2.05) is 40.4 Å². The van der Waals surface area contributed by atoms with Crippen molar-refractivity contribution in [3.63, 3.8) is 0 Å². The Morgan fingerprint density at radius 2 is 2.13 bits per heavy atom. The van der Waals surface area contributed by atoms with Crippen LogP contribution < -0.4 is 4.80 Å². The molecule has 0 spiro atoms. The fraction of sp³-hybridized carbons (Fsp3) is 0.267. The van der Waals surface area contributed by atoms with Crippen molar-refractivity contribution in [1.29, 1.82) is 0 Å². The van der Waals surface area contributed by atoms with E-state index in [9.17, 15) is 9.59 Å². The summed E-state index contributed by atoms with van der Waals surface area (Å²) in [6.45, 7) is 0.546. The van der Waals surface area contributed by atoms with Crippen LogP contribution in [0.4, 0.5) is 0 Å². The Morgan fingerprint density at radius 3 is 2.87 bits per heavy atom. The third kappa shape index (κ3) is 5.53. The molecule has 5 nitrogen and oxygen atoms in total. The van der Waals surface area contributed by atoms with Gasteiger partial charge in [0.2, 0.25) is 0 Å². The number of hydrogen-bond donors (Lipinski definition) is 0. The van der Waals surface area contributed by atoms with Crippen LogP contribution in [0.25, 0.3) is 0 Å². The maximum Gasteiger partial charge on any atom is 0.315 e. The summed E-state index contributed by atoms with van der Waals surface area (Å²) in [5.41, 5.74) is 0.960. The fourth-order valence-corrected chi connectivity index (χ4v) is 3.30. The predicted molar refractivity (Wildman–Crippen MR) is 92.8 cm³/mol. The molecule has 23 heavy (non-hydrogen) atoms. The number of benzene rings is 1. The molecule has 0 bridgehead atoms. The molecule has 8 heteroatoms. The van der Waals surface area contributed by atoms with Crippen LogP contribution in [-0.2, 0) is 20.9 Å². The molecular formula is C15H15ClN2O3S2. The van der Waals surface area contributed by atoms with Crippen LogP contribution in [-0.4, -0.2) is 35.1 Å². The average Bonchev–Trinajstić information content (AvgIpc) is 2.96. The van der Waals surface area contributed by atoms with Crippen LogP contribution in [0.3, 0.4) is 0 Å². The lowest BCUT2D eigenvalue weighted by molar-refractivity contribution is -0.137. The first-order chi connectivity index (χ1) is 11.1. The Bertz CT molecular complexity index is 755. The number of thioether (sulfide) groups is 1. The van der Waals surface area contributed by atoms with Gasteiger partial charge < -0.3 is 9.30 Å². The minimum absolute atomic E-state index is 0.138. The number of methoxy groups -OCH3 is 1. The molecule has 1 aromatic heterocycles. The number of nitrogens with zero attached hydrogens (tertiary/aromatic N) is 2. The van der Waals surface area contributed by atoms with Gasteiger partial charge in [-0.05, 0) is 11.6 Å². The van der Waals surface area contributed by atoms with Crippen LogP contribution in [0.5, 0.6) is 0 Å². The first kappa shape index (κ1) is 17.8. The van der Waals surface area contributed by atoms with Gasteiger partial charge in [0.05, 0.1) is 25.2 Å². The number of ether oxygens (including phenoxy) is 1. The highest BCUT2D eigenvalue weighted by Crippen LogP contribution is 2.15. The molecule has 0 atom stereocenters. The van der Waals surface area contributed by atoms with E-state index >= 15 is 0 Å². The van der Waals surface area contributed by atoms with Crippen molar-refractivity contribution >= 4 is 46.6 Å². The van der Waals surface area contributed by atoms with Gasteiger partial charge in [0.15, 0.2) is 4.80 Å². The quantitative estimate of drug-likeness (QED) is 0.733. The van der Waals surface area contributed by atoms with E-state index in [0.717, 1.165) is 5.56 Å². The lowest BCUT2D eigenvalue weighted by Crippen LogP contribution is -2.18. The van der Waals surface area contributed by atoms with Gasteiger partial charge in [-0.25, -0.2) is 0 Å². The van der Waals surface area contributed by atoms with Gasteiger partial charge in [0.1, 0.15) is 0 Å². The van der Waals surface area contributed by atoms with Crippen molar-refractivity contribution in [1.82, 2.24) is 4.57 Å². The topological polar surface area (TPSA) is 60.7 Å². The molecule has 0 saturated heterocycles. The SMILES string of the molecule is COC(=O)CSCC(=O)N=c1sccn1Cc1ccccc1Cl. The van der Waals surface area contributed by atoms with Crippen molar-refractivity contribution in [2.75, 3.05) is 18.6 Å². The number of carbonyl (C=O) groups excluding carboxylic acids is 2. The summed E-state index contributed by atoms with van der Waals surface area (Å²) < 4.78 is 6.39. The zero-order valence-corrected chi connectivity index (χ0v) is 14.8. The van der Waals surface area contributed by atoms with Gasteiger partial charge in [-0.3, -0.25) is 9.59 Å². The average molecular weight is 371 g/mol. The monoisotopic (exact) mass is 370 g/mol. The van der Waals surface area contributed by atoms with Gasteiger partial charge in [-0.1, -0.05) is 29.8 Å². The molecule has 0 unspecified atom stereocenters. The summed E-state index contributed by atoms with van der Waals surface area (Å²) in [7, 11) is 1.32. The summed E-state index contributed by atoms with van der Waals surface area (Å²) in [6, 6.07) is 7.55. The molecule has 0 fully saturated rings. The first-order valence-corrected chi connectivity index (χ1v) is 9.11. The van der Waals surface area contributed by atoms with Crippen LogP contribution in [0.1, 0.15) is 5.56 Å². The summed E-state index contributed by atoms with van der Waals surface area (Å²) in [5.74, 6) is -0.358. The third-order valence-electron chi connectivity index (χ3n) is 2.85. The zero-order chi connectivity index (χ0) is 16.7. The highest BCUT2D eigenvalue weighted by Gasteiger charge is 2.06. The van der Waals surface area contributed by atoms with E-state index in [-0.39, 0.29) is 23.4 Å². The Labute approximate surface area is 147 Å². The van der Waals surface area contributed by atoms with Crippen molar-refractivity contribution in [2.45, 2.75) is 6.54 Å². The second-order valence-corrected chi connectivity index (χ2v) is 6.75. The summed E-state index contributed by atoms with van der Waals surface area (Å²) in [6.07, 6.45) is 1.86. The number of esters is 1. The summed E-state index contributed by atoms with van der Waals surface area (Å²) in [5, 5.41) is 2.54. The molecule has 0 radical (unpaired) electrons. The third-order valence-corrected chi connectivity index (χ3v) is 4.91. The van der Waals surface area contributed by atoms with Crippen molar-refractivity contribution < 1.29 is 14.3 Å². The molecule has 0 N–H and O–H groups in total. The van der Waals surface area contributed by atoms with Crippen LogP contribution >= 0.6 is 34.7 Å². The Kier molecular flexibility index (Phi) is 6.88. The molecule has 0 aliphatic heterocycles. The van der Waals surface area contributed by atoms with Crippen LogP contribution in [0.2, 0.25) is 5.02 Å². The molecule has 0 saturated carbocycles. The van der Waals surface area contributed by atoms with E-state index in [1.54, 1.807) is 0 Å². The van der Waals surface area contributed by atoms with Crippen molar-refractivity contribution in [2.24, 2.45) is 4.99 Å². The second-order valence-electron chi connectivity index (χ2n) is 4.48. The Morgan fingerprint density at radius 1 is 1.35 bits per heavy atom. The predicted octanol–water partition coefficient (Wildman–Crippen LogP) is 2.58. The van der Waals surface area contributed by atoms with Crippen LogP contribution in [0, 0.1) is 0 Å². The number of carbonyl (C=O) groups is 2. The first-order valence-electron chi connectivity index (χ1n) is 6.69. The lowest BCUT2D eigenvalue weighted by Gasteiger charge is -2.05. The van der Waals surface area contributed by atoms with E-state index in [0.29, 0.717) is 16.4 Å². The number of amides is 1. The fourth-order valence-electron chi connectivity index (χ4n) is 1.74. The molecule has 1 heterocycles. The molecule has 2 aromatic rings. The summed E-state index contributed by atoms with van der Waals surface area (Å²) >= 11 is 8.72. The minimum atomic E-state index is -0.354. The normalized spacial score (nSPS) is 11.5. The Hall–Kier alpha value is -1.57. The van der Waals surface area contributed by atoms with Gasteiger partial charge in [0, 0.05) is 16.6 Å². The highest BCUT2D eigenvalue weighted by atomic mass is 35.5. The molecular weight excluding hydrogens is 356 g/mol. The standard InChI is InChI=1S/C15H15ClN2O3S2/c1-21-14(20)10-22-9-13(19)17-15-18(6-7-23-15)8-11-4-2-3-5-12(11)16/h2-7H,8-10H2,1H3. The Balaban J connectivity index is 2.04. The largest absolute Gasteiger partial charge is 0.468 e. The van der Waals surface area contributed by atoms with E-state index in [1.165, 1.54) is 30.2 Å². The van der Waals surface area contributed by atoms with Crippen molar-refractivity contribution in [3.8, 4) is 0 Å². The van der Waals surface area contributed by atoms with Crippen LogP contribution in [0.15, 0.2) is 40.8 Å². The number of rotatable bonds is 6. The highest BCUT2D eigenvalue weighted by molar-refractivity contribution is 8.00. The lowest BCUT2D eigenvalue weighted by atomic mass is 10.2. The molecule has 122 valence electrons. The number of hydrogen-bond acceptors (Lipinski definition) is 5. The number of aromatic nitrogens is 1. The smallest absolute Gasteiger partial charge is 0.315 e. The number of halogens is 1. The van der Waals surface area contributed by atoms with Gasteiger partial charge in [-0.15, -0.1) is 23.1 Å². The minimum Gasteiger partial charge on any atom is -0.468 e. The molecule has 0 aliphatic rings.